The zero-order valence-electron chi connectivity index (χ0n) is 15.7. The van der Waals surface area contributed by atoms with Gasteiger partial charge in [-0.15, -0.1) is 0 Å². The number of ether oxygens (including phenoxy) is 2. The number of carboxylic acids is 1. The Morgan fingerprint density at radius 2 is 1.50 bits per heavy atom. The third kappa shape index (κ3) is 8.88. The van der Waals surface area contributed by atoms with Gasteiger partial charge >= 0.3 is 35.5 Å². The smallest absolute Gasteiger partial charge is 1.00 e. The van der Waals surface area contributed by atoms with Gasteiger partial charge in [0.2, 0.25) is 0 Å². The van der Waals surface area contributed by atoms with Gasteiger partial charge < -0.3 is 16.0 Å². The van der Waals surface area contributed by atoms with E-state index in [0.29, 0.717) is 0 Å². The first-order chi connectivity index (χ1) is 10.1. The van der Waals surface area contributed by atoms with Crippen molar-refractivity contribution in [3.05, 3.63) is 0 Å². The summed E-state index contributed by atoms with van der Waals surface area (Å²) in [5, 5.41) is 9.07. The number of hydrogen-bond acceptors (Lipinski definition) is 3. The van der Waals surface area contributed by atoms with Gasteiger partial charge in [0.25, 0.3) is 0 Å². The summed E-state index contributed by atoms with van der Waals surface area (Å²) in [6, 6.07) is 0. The molecule has 1 aliphatic rings. The maximum absolute atomic E-state index is 11.0. The molecule has 0 aromatic heterocycles. The zero-order valence-corrected chi connectivity index (χ0v) is 16.7. The van der Waals surface area contributed by atoms with E-state index in [4.69, 9.17) is 14.6 Å². The summed E-state index contributed by atoms with van der Waals surface area (Å²) in [5.74, 6) is -0.843. The van der Waals surface area contributed by atoms with Crippen molar-refractivity contribution in [2.24, 2.45) is 5.41 Å². The molecule has 5 heteroatoms. The second-order valence-electron chi connectivity index (χ2n) is 6.53. The molecule has 0 amide bonds. The molecule has 1 heterocycles. The minimum absolute atomic E-state index is 0. The van der Waals surface area contributed by atoms with E-state index in [0.717, 1.165) is 12.8 Å². The van der Waals surface area contributed by atoms with Gasteiger partial charge in [-0.25, -0.2) is 0 Å². The molecule has 0 bridgehead atoms. The molecule has 1 fully saturated rings. The Bertz CT molecular complexity index is 294. The third-order valence-electron chi connectivity index (χ3n) is 4.24. The van der Waals surface area contributed by atoms with Gasteiger partial charge in [-0.1, -0.05) is 58.3 Å². The van der Waals surface area contributed by atoms with Gasteiger partial charge in [0.1, 0.15) is 5.41 Å². The maximum Gasteiger partial charge on any atom is 1.00 e. The summed E-state index contributed by atoms with van der Waals surface area (Å²) in [7, 11) is 0. The minimum atomic E-state index is -0.880. The van der Waals surface area contributed by atoms with Crippen LogP contribution in [0.5, 0.6) is 0 Å². The standard InChI is InChI=1S/C17H32O4.Na.H/c1-3-4-5-6-7-8-9-10-11-12-15-20-13-17(2,14-21-15)16(18)19;;/h15H,3-14H2,1-2H3,(H,18,19);;/q;+1;-1. The largest absolute Gasteiger partial charge is 1.00 e. The van der Waals surface area contributed by atoms with Crippen LogP contribution in [0.3, 0.4) is 0 Å². The summed E-state index contributed by atoms with van der Waals surface area (Å²) in [4.78, 5) is 11.0. The van der Waals surface area contributed by atoms with Crippen molar-refractivity contribution in [2.45, 2.75) is 84.3 Å². The first-order valence-electron chi connectivity index (χ1n) is 8.55. The predicted molar refractivity (Wildman–Crippen MR) is 84.4 cm³/mol. The van der Waals surface area contributed by atoms with E-state index in [1.165, 1.54) is 51.4 Å². The van der Waals surface area contributed by atoms with E-state index in [9.17, 15) is 4.79 Å². The van der Waals surface area contributed by atoms with Crippen LogP contribution >= 0.6 is 0 Å². The summed E-state index contributed by atoms with van der Waals surface area (Å²) >= 11 is 0. The van der Waals surface area contributed by atoms with Crippen LogP contribution in [0.2, 0.25) is 0 Å². The van der Waals surface area contributed by atoms with Crippen LogP contribution in [0.25, 0.3) is 0 Å². The molecule has 0 radical (unpaired) electrons. The molecule has 1 saturated heterocycles. The molecule has 1 rings (SSSR count). The summed E-state index contributed by atoms with van der Waals surface area (Å²) in [6.07, 6.45) is 12.4. The average Bonchev–Trinajstić information content (AvgIpc) is 2.47. The number of unbranched alkanes of at least 4 members (excludes halogenated alkanes) is 8. The molecule has 0 spiro atoms. The van der Waals surface area contributed by atoms with E-state index in [1.807, 2.05) is 0 Å². The number of carboxylic acid groups (broad SMARTS) is 1. The summed E-state index contributed by atoms with van der Waals surface area (Å²) in [6.45, 7) is 4.42. The Kier molecular flexibility index (Phi) is 13.0. The average molecular weight is 324 g/mol. The second kappa shape index (κ2) is 12.8. The normalized spacial score (nSPS) is 24.7. The van der Waals surface area contributed by atoms with E-state index in [2.05, 4.69) is 6.92 Å². The molecule has 0 unspecified atom stereocenters. The van der Waals surface area contributed by atoms with E-state index in [1.54, 1.807) is 6.92 Å². The fraction of sp³-hybridized carbons (Fsp3) is 0.941. The van der Waals surface area contributed by atoms with Crippen LogP contribution in [-0.2, 0) is 14.3 Å². The van der Waals surface area contributed by atoms with Crippen LogP contribution in [0, 0.1) is 5.41 Å². The first-order valence-corrected chi connectivity index (χ1v) is 8.55. The number of aliphatic carboxylic acids is 1. The van der Waals surface area contributed by atoms with Gasteiger partial charge in [-0.3, -0.25) is 4.79 Å². The number of carbonyl (C=O) groups is 1. The maximum atomic E-state index is 11.0. The molecule has 126 valence electrons. The monoisotopic (exact) mass is 324 g/mol. The Labute approximate surface area is 159 Å². The zero-order chi connectivity index (χ0) is 15.6. The molecule has 1 aliphatic heterocycles. The molecule has 0 aliphatic carbocycles. The van der Waals surface area contributed by atoms with Crippen molar-refractivity contribution in [1.82, 2.24) is 0 Å². The van der Waals surface area contributed by atoms with E-state index < -0.39 is 11.4 Å². The molecule has 0 atom stereocenters. The van der Waals surface area contributed by atoms with Gasteiger partial charge in [-0.05, 0) is 19.8 Å². The van der Waals surface area contributed by atoms with Gasteiger partial charge in [-0.2, -0.15) is 0 Å². The van der Waals surface area contributed by atoms with Gasteiger partial charge in [0.05, 0.1) is 13.2 Å². The van der Waals surface area contributed by atoms with Crippen molar-refractivity contribution in [2.75, 3.05) is 13.2 Å². The van der Waals surface area contributed by atoms with E-state index in [-0.39, 0.29) is 50.5 Å². The minimum Gasteiger partial charge on any atom is -1.00 e. The molecule has 22 heavy (non-hydrogen) atoms. The topological polar surface area (TPSA) is 55.8 Å². The quantitative estimate of drug-likeness (QED) is 0.462. The molecular formula is C17H33NaO4. The Morgan fingerprint density at radius 3 is 1.95 bits per heavy atom. The Morgan fingerprint density at radius 1 is 1.05 bits per heavy atom. The van der Waals surface area contributed by atoms with Crippen molar-refractivity contribution in [3.63, 3.8) is 0 Å². The van der Waals surface area contributed by atoms with Crippen LogP contribution in [0.1, 0.15) is 79.5 Å². The fourth-order valence-corrected chi connectivity index (χ4v) is 2.56. The number of rotatable bonds is 11. The molecule has 4 nitrogen and oxygen atoms in total. The molecule has 0 saturated carbocycles. The second-order valence-corrected chi connectivity index (χ2v) is 6.53. The van der Waals surface area contributed by atoms with E-state index >= 15 is 0 Å². The van der Waals surface area contributed by atoms with Crippen LogP contribution < -0.4 is 29.6 Å². The Balaban J connectivity index is 0. The summed E-state index contributed by atoms with van der Waals surface area (Å²) in [5.41, 5.74) is -0.880. The van der Waals surface area contributed by atoms with Crippen molar-refractivity contribution in [1.29, 1.82) is 0 Å². The van der Waals surface area contributed by atoms with Crippen LogP contribution in [0.4, 0.5) is 0 Å². The van der Waals surface area contributed by atoms with Crippen molar-refractivity contribution in [3.8, 4) is 0 Å². The van der Waals surface area contributed by atoms with Gasteiger partial charge in [0, 0.05) is 0 Å². The molecule has 1 N–H and O–H groups in total. The summed E-state index contributed by atoms with van der Waals surface area (Å²) < 4.78 is 11.0. The van der Waals surface area contributed by atoms with Crippen LogP contribution in [-0.4, -0.2) is 30.6 Å². The SMILES string of the molecule is CCCCCCCCCCCC1OCC(C)(C(=O)O)CO1.[H-].[Na+]. The molecule has 0 aromatic rings. The van der Waals surface area contributed by atoms with Crippen molar-refractivity contribution < 1.29 is 50.4 Å². The van der Waals surface area contributed by atoms with Crippen LogP contribution in [0.15, 0.2) is 0 Å². The molecular weight excluding hydrogens is 291 g/mol. The van der Waals surface area contributed by atoms with Gasteiger partial charge in [0.15, 0.2) is 6.29 Å². The predicted octanol–water partition coefficient (Wildman–Crippen LogP) is 1.49. The fourth-order valence-electron chi connectivity index (χ4n) is 2.56. The Hall–Kier alpha value is 0.390. The number of hydrogen-bond donors (Lipinski definition) is 1. The first kappa shape index (κ1) is 22.4. The van der Waals surface area contributed by atoms with Crippen molar-refractivity contribution >= 4 is 5.97 Å². The third-order valence-corrected chi connectivity index (χ3v) is 4.24. The molecule has 0 aromatic carbocycles.